The summed E-state index contributed by atoms with van der Waals surface area (Å²) >= 11 is 1.84. The van der Waals surface area contributed by atoms with Crippen molar-refractivity contribution in [2.75, 3.05) is 40.5 Å². The Hall–Kier alpha value is -2.74. The van der Waals surface area contributed by atoms with Gasteiger partial charge in [-0.3, -0.25) is 4.79 Å². The van der Waals surface area contributed by atoms with Gasteiger partial charge in [-0.05, 0) is 46.7 Å². The third-order valence-corrected chi connectivity index (χ3v) is 7.81. The van der Waals surface area contributed by atoms with Gasteiger partial charge in [0.1, 0.15) is 0 Å². The number of cyclic esters (lactones) is 1. The Morgan fingerprint density at radius 3 is 2.19 bits per heavy atom. The summed E-state index contributed by atoms with van der Waals surface area (Å²) in [6.07, 6.45) is 0. The topological polar surface area (TPSA) is 72.5 Å². The summed E-state index contributed by atoms with van der Waals surface area (Å²) in [5.41, 5.74) is 3.13. The molecule has 8 heteroatoms. The van der Waals surface area contributed by atoms with E-state index in [1.165, 1.54) is 5.56 Å². The summed E-state index contributed by atoms with van der Waals surface area (Å²) in [6.45, 7) is 2.75. The molecule has 2 aromatic rings. The molecule has 170 valence electrons. The van der Waals surface area contributed by atoms with E-state index < -0.39 is 0 Å². The molecular formula is C24H26O7S. The van der Waals surface area contributed by atoms with E-state index in [1.807, 2.05) is 30.0 Å². The normalized spacial score (nSPS) is 25.1. The molecule has 7 nitrogen and oxygen atoms in total. The highest BCUT2D eigenvalue weighted by Gasteiger charge is 2.52. The summed E-state index contributed by atoms with van der Waals surface area (Å²) in [6, 6.07) is 7.96. The first-order chi connectivity index (χ1) is 15.6. The number of rotatable bonds is 6. The Kier molecular flexibility index (Phi) is 5.49. The second-order valence-electron chi connectivity index (χ2n) is 7.97. The number of esters is 1. The van der Waals surface area contributed by atoms with Crippen molar-refractivity contribution in [1.29, 1.82) is 0 Å². The number of carbonyl (C=O) groups is 1. The van der Waals surface area contributed by atoms with Crippen LogP contribution in [0.3, 0.4) is 0 Å². The second kappa shape index (κ2) is 8.31. The molecule has 0 bridgehead atoms. The van der Waals surface area contributed by atoms with Crippen LogP contribution in [0.1, 0.15) is 34.8 Å². The molecule has 1 saturated heterocycles. The van der Waals surface area contributed by atoms with Crippen LogP contribution in [0.5, 0.6) is 28.7 Å². The molecule has 0 unspecified atom stereocenters. The number of methoxy groups -OCH3 is 3. The SMILES string of the molecule is CCS[C@@H]1c2cc3c(cc2[C@@H](c2cc(OC)c(OC)c(OC)c2)[C@H]2C(=O)OC[C@@H]21)OCO3. The van der Waals surface area contributed by atoms with Crippen molar-refractivity contribution in [3.8, 4) is 28.7 Å². The maximum Gasteiger partial charge on any atom is 0.310 e. The van der Waals surface area contributed by atoms with Crippen molar-refractivity contribution in [2.24, 2.45) is 11.8 Å². The largest absolute Gasteiger partial charge is 0.493 e. The van der Waals surface area contributed by atoms with Crippen molar-refractivity contribution in [3.05, 3.63) is 41.0 Å². The predicted octanol–water partition coefficient (Wildman–Crippen LogP) is 4.17. The van der Waals surface area contributed by atoms with Gasteiger partial charge in [0.25, 0.3) is 0 Å². The zero-order chi connectivity index (χ0) is 22.4. The minimum Gasteiger partial charge on any atom is -0.493 e. The van der Waals surface area contributed by atoms with Crippen molar-refractivity contribution in [2.45, 2.75) is 18.1 Å². The van der Waals surface area contributed by atoms with Crippen LogP contribution in [0.25, 0.3) is 0 Å². The molecule has 4 atom stereocenters. The van der Waals surface area contributed by atoms with Crippen LogP contribution in [-0.2, 0) is 9.53 Å². The molecule has 0 radical (unpaired) electrons. The maximum atomic E-state index is 13.0. The lowest BCUT2D eigenvalue weighted by atomic mass is 9.67. The number of benzene rings is 2. The predicted molar refractivity (Wildman–Crippen MR) is 119 cm³/mol. The molecule has 0 spiro atoms. The van der Waals surface area contributed by atoms with E-state index >= 15 is 0 Å². The van der Waals surface area contributed by atoms with Gasteiger partial charge in [0, 0.05) is 17.1 Å². The van der Waals surface area contributed by atoms with Crippen LogP contribution in [0.4, 0.5) is 0 Å². The molecule has 32 heavy (non-hydrogen) atoms. The van der Waals surface area contributed by atoms with Gasteiger partial charge in [-0.2, -0.15) is 11.8 Å². The van der Waals surface area contributed by atoms with Crippen LogP contribution in [0.15, 0.2) is 24.3 Å². The monoisotopic (exact) mass is 458 g/mol. The zero-order valence-corrected chi connectivity index (χ0v) is 19.3. The summed E-state index contributed by atoms with van der Waals surface area (Å²) in [5, 5.41) is 0.138. The molecule has 1 aliphatic carbocycles. The molecule has 0 N–H and O–H groups in total. The molecule has 2 heterocycles. The van der Waals surface area contributed by atoms with Gasteiger partial charge in [-0.25, -0.2) is 0 Å². The average Bonchev–Trinajstić information content (AvgIpc) is 3.43. The van der Waals surface area contributed by atoms with Crippen LogP contribution in [0.2, 0.25) is 0 Å². The third kappa shape index (κ3) is 3.15. The van der Waals surface area contributed by atoms with Gasteiger partial charge in [0.2, 0.25) is 12.5 Å². The fourth-order valence-electron chi connectivity index (χ4n) is 5.19. The van der Waals surface area contributed by atoms with E-state index in [4.69, 9.17) is 28.4 Å². The number of fused-ring (bicyclic) bond motifs is 3. The smallest absolute Gasteiger partial charge is 0.310 e. The first-order valence-electron chi connectivity index (χ1n) is 10.6. The molecule has 0 amide bonds. The van der Waals surface area contributed by atoms with Crippen LogP contribution in [0, 0.1) is 11.8 Å². The van der Waals surface area contributed by atoms with E-state index in [0.717, 1.165) is 22.6 Å². The first kappa shape index (κ1) is 21.1. The lowest BCUT2D eigenvalue weighted by Gasteiger charge is -2.39. The fourth-order valence-corrected chi connectivity index (χ4v) is 6.42. The third-order valence-electron chi connectivity index (χ3n) is 6.51. The second-order valence-corrected chi connectivity index (χ2v) is 9.38. The van der Waals surface area contributed by atoms with E-state index in [9.17, 15) is 4.79 Å². The first-order valence-corrected chi connectivity index (χ1v) is 11.7. The van der Waals surface area contributed by atoms with E-state index in [-0.39, 0.29) is 35.8 Å². The molecule has 3 aliphatic rings. The Balaban J connectivity index is 1.74. The van der Waals surface area contributed by atoms with E-state index in [2.05, 4.69) is 13.0 Å². The number of carbonyl (C=O) groups excluding carboxylic acids is 1. The molecule has 2 aliphatic heterocycles. The molecule has 0 saturated carbocycles. The Morgan fingerprint density at radius 1 is 0.938 bits per heavy atom. The number of ether oxygens (including phenoxy) is 6. The van der Waals surface area contributed by atoms with Gasteiger partial charge in [-0.1, -0.05) is 6.92 Å². The quantitative estimate of drug-likeness (QED) is 0.598. The Labute approximate surface area is 191 Å². The highest BCUT2D eigenvalue weighted by Crippen LogP contribution is 2.58. The Morgan fingerprint density at radius 2 is 1.59 bits per heavy atom. The van der Waals surface area contributed by atoms with E-state index in [0.29, 0.717) is 29.6 Å². The fraction of sp³-hybridized carbons (Fsp3) is 0.458. The van der Waals surface area contributed by atoms with Crippen molar-refractivity contribution in [3.63, 3.8) is 0 Å². The summed E-state index contributed by atoms with van der Waals surface area (Å²) < 4.78 is 33.7. The lowest BCUT2D eigenvalue weighted by molar-refractivity contribution is -0.141. The Bertz CT molecular complexity index is 1030. The van der Waals surface area contributed by atoms with Crippen molar-refractivity contribution in [1.82, 2.24) is 0 Å². The van der Waals surface area contributed by atoms with Gasteiger partial charge in [0.15, 0.2) is 23.0 Å². The van der Waals surface area contributed by atoms with Gasteiger partial charge >= 0.3 is 5.97 Å². The summed E-state index contributed by atoms with van der Waals surface area (Å²) in [4.78, 5) is 13.0. The number of hydrogen-bond donors (Lipinski definition) is 0. The molecule has 5 rings (SSSR count). The summed E-state index contributed by atoms with van der Waals surface area (Å²) in [5.74, 6) is 3.36. The van der Waals surface area contributed by atoms with Crippen LogP contribution in [-0.4, -0.2) is 46.5 Å². The highest BCUT2D eigenvalue weighted by molar-refractivity contribution is 7.99. The zero-order valence-electron chi connectivity index (χ0n) is 18.5. The van der Waals surface area contributed by atoms with E-state index in [1.54, 1.807) is 21.3 Å². The van der Waals surface area contributed by atoms with Gasteiger partial charge < -0.3 is 28.4 Å². The molecule has 1 fully saturated rings. The number of thioether (sulfide) groups is 1. The van der Waals surface area contributed by atoms with Crippen LogP contribution >= 0.6 is 11.8 Å². The molecule has 0 aromatic heterocycles. The van der Waals surface area contributed by atoms with Crippen molar-refractivity contribution < 1.29 is 33.2 Å². The number of hydrogen-bond acceptors (Lipinski definition) is 8. The summed E-state index contributed by atoms with van der Waals surface area (Å²) in [7, 11) is 4.76. The maximum absolute atomic E-state index is 13.0. The van der Waals surface area contributed by atoms with Gasteiger partial charge in [-0.15, -0.1) is 0 Å². The minimum atomic E-state index is -0.310. The standard InChI is InChI=1S/C24H26O7S/c1-5-32-23-14-9-17-16(30-11-31-17)8-13(14)20(21-15(23)10-29-24(21)25)12-6-18(26-2)22(28-4)19(7-12)27-3/h6-9,15,20-21,23H,5,10-11H2,1-4H3/t15-,20+,21-,23+/m0/s1. The van der Waals surface area contributed by atoms with Crippen LogP contribution < -0.4 is 23.7 Å². The molecule has 2 aromatic carbocycles. The van der Waals surface area contributed by atoms with Crippen molar-refractivity contribution >= 4 is 17.7 Å². The molecular weight excluding hydrogens is 432 g/mol. The highest BCUT2D eigenvalue weighted by atomic mass is 32.2. The lowest BCUT2D eigenvalue weighted by Crippen LogP contribution is -2.33. The average molecular weight is 459 g/mol. The van der Waals surface area contributed by atoms with Gasteiger partial charge in [0.05, 0.1) is 33.9 Å². The minimum absolute atomic E-state index is 0.0596.